The first-order valence-electron chi connectivity index (χ1n) is 7.55. The molecule has 1 unspecified atom stereocenters. The van der Waals surface area contributed by atoms with E-state index in [1.807, 2.05) is 6.07 Å². The molecule has 1 amide bonds. The smallest absolute Gasteiger partial charge is 0.311 e. The van der Waals surface area contributed by atoms with E-state index in [-0.39, 0.29) is 0 Å². The molecule has 2 N–H and O–H groups in total. The van der Waals surface area contributed by atoms with E-state index in [2.05, 4.69) is 5.32 Å². The molecule has 1 atom stereocenters. The Balaban J connectivity index is 2.35. The normalized spacial score (nSPS) is 12.1. The predicted octanol–water partition coefficient (Wildman–Crippen LogP) is 3.79. The van der Waals surface area contributed by atoms with Gasteiger partial charge in [0.1, 0.15) is 0 Å². The Labute approximate surface area is 150 Å². The Hall–Kier alpha value is -2.84. The Bertz CT molecular complexity index is 821. The van der Waals surface area contributed by atoms with Gasteiger partial charge in [0.15, 0.2) is 0 Å². The highest BCUT2D eigenvalue weighted by Crippen LogP contribution is 2.34. The van der Waals surface area contributed by atoms with Gasteiger partial charge < -0.3 is 10.4 Å². The predicted molar refractivity (Wildman–Crippen MR) is 94.2 cm³/mol. The van der Waals surface area contributed by atoms with Gasteiger partial charge >= 0.3 is 5.97 Å². The number of hydrogen-bond donors (Lipinski definition) is 2. The second-order valence-corrected chi connectivity index (χ2v) is 6.61. The quantitative estimate of drug-likeness (QED) is 0.852. The molecular formula is C19H17ClN2O3. The molecule has 0 spiro atoms. The summed E-state index contributed by atoms with van der Waals surface area (Å²) in [5.74, 6) is -1.45. The van der Waals surface area contributed by atoms with Crippen molar-refractivity contribution < 1.29 is 14.7 Å². The van der Waals surface area contributed by atoms with Crippen LogP contribution >= 0.6 is 11.6 Å². The summed E-state index contributed by atoms with van der Waals surface area (Å²) in [5, 5.41) is 21.7. The van der Waals surface area contributed by atoms with Crippen molar-refractivity contribution in [1.82, 2.24) is 5.32 Å². The first-order chi connectivity index (χ1) is 11.8. The SMILES string of the molecule is CC(C)(C(=O)O)C(NC(=O)c1ccc(C#N)cc1)c1ccc(Cl)cc1. The topological polar surface area (TPSA) is 90.2 Å². The van der Waals surface area contributed by atoms with Crippen molar-refractivity contribution in [3.05, 3.63) is 70.2 Å². The van der Waals surface area contributed by atoms with E-state index >= 15 is 0 Å². The lowest BCUT2D eigenvalue weighted by molar-refractivity contribution is -0.148. The zero-order chi connectivity index (χ0) is 18.6. The molecule has 6 heteroatoms. The first kappa shape index (κ1) is 18.5. The summed E-state index contributed by atoms with van der Waals surface area (Å²) >= 11 is 5.89. The van der Waals surface area contributed by atoms with E-state index in [0.29, 0.717) is 21.7 Å². The van der Waals surface area contributed by atoms with Crippen LogP contribution in [-0.4, -0.2) is 17.0 Å². The molecule has 0 bridgehead atoms. The summed E-state index contributed by atoms with van der Waals surface area (Å²) < 4.78 is 0. The van der Waals surface area contributed by atoms with Gasteiger partial charge in [0, 0.05) is 10.6 Å². The Morgan fingerprint density at radius 1 is 1.12 bits per heavy atom. The Morgan fingerprint density at radius 3 is 2.16 bits per heavy atom. The van der Waals surface area contributed by atoms with Gasteiger partial charge in [0.2, 0.25) is 0 Å². The standard InChI is InChI=1S/C19H17ClN2O3/c1-19(2,18(24)25)16(13-7-9-15(20)10-8-13)22-17(23)14-5-3-12(11-21)4-6-14/h3-10,16H,1-2H3,(H,22,23)(H,24,25). The Kier molecular flexibility index (Phi) is 5.45. The number of carbonyl (C=O) groups is 2. The van der Waals surface area contributed by atoms with Crippen molar-refractivity contribution in [2.24, 2.45) is 5.41 Å². The second kappa shape index (κ2) is 7.37. The molecule has 0 aliphatic rings. The lowest BCUT2D eigenvalue weighted by Gasteiger charge is -2.31. The summed E-state index contributed by atoms with van der Waals surface area (Å²) in [6.45, 7) is 3.10. The molecule has 0 heterocycles. The fourth-order valence-electron chi connectivity index (χ4n) is 2.37. The maximum absolute atomic E-state index is 12.6. The number of halogens is 1. The largest absolute Gasteiger partial charge is 0.481 e. The third kappa shape index (κ3) is 4.17. The van der Waals surface area contributed by atoms with Gasteiger partial charge in [0.05, 0.1) is 23.1 Å². The second-order valence-electron chi connectivity index (χ2n) is 6.17. The van der Waals surface area contributed by atoms with Gasteiger partial charge in [-0.1, -0.05) is 23.7 Å². The number of carboxylic acids is 1. The molecule has 0 aliphatic carbocycles. The number of carbonyl (C=O) groups excluding carboxylic acids is 1. The summed E-state index contributed by atoms with van der Waals surface area (Å²) in [7, 11) is 0. The molecule has 0 radical (unpaired) electrons. The van der Waals surface area contributed by atoms with Gasteiger partial charge in [-0.3, -0.25) is 9.59 Å². The average Bonchev–Trinajstić information content (AvgIpc) is 2.60. The van der Waals surface area contributed by atoms with E-state index in [4.69, 9.17) is 16.9 Å². The zero-order valence-electron chi connectivity index (χ0n) is 13.8. The fourth-order valence-corrected chi connectivity index (χ4v) is 2.50. The van der Waals surface area contributed by atoms with Crippen LogP contribution in [0.3, 0.4) is 0 Å². The van der Waals surface area contributed by atoms with E-state index < -0.39 is 23.3 Å². The van der Waals surface area contributed by atoms with Crippen LogP contribution in [0.1, 0.15) is 41.4 Å². The number of benzene rings is 2. The third-order valence-electron chi connectivity index (χ3n) is 4.03. The van der Waals surface area contributed by atoms with Crippen LogP contribution in [-0.2, 0) is 4.79 Å². The minimum atomic E-state index is -1.24. The highest BCUT2D eigenvalue weighted by atomic mass is 35.5. The summed E-state index contributed by atoms with van der Waals surface area (Å²) in [6.07, 6.45) is 0. The van der Waals surface area contributed by atoms with E-state index in [9.17, 15) is 14.7 Å². The number of nitrogens with one attached hydrogen (secondary N) is 1. The van der Waals surface area contributed by atoms with Crippen LogP contribution < -0.4 is 5.32 Å². The van der Waals surface area contributed by atoms with E-state index in [1.165, 1.54) is 24.3 Å². The monoisotopic (exact) mass is 356 g/mol. The number of nitrogens with zero attached hydrogens (tertiary/aromatic N) is 1. The minimum Gasteiger partial charge on any atom is -0.481 e. The highest BCUT2D eigenvalue weighted by molar-refractivity contribution is 6.30. The molecule has 0 saturated heterocycles. The molecule has 128 valence electrons. The summed E-state index contributed by atoms with van der Waals surface area (Å²) in [5.41, 5.74) is 0.186. The van der Waals surface area contributed by atoms with Crippen molar-refractivity contribution in [2.45, 2.75) is 19.9 Å². The minimum absolute atomic E-state index is 0.346. The summed E-state index contributed by atoms with van der Waals surface area (Å²) in [6, 6.07) is 14.0. The molecule has 25 heavy (non-hydrogen) atoms. The molecule has 5 nitrogen and oxygen atoms in total. The van der Waals surface area contributed by atoms with E-state index in [0.717, 1.165) is 0 Å². The zero-order valence-corrected chi connectivity index (χ0v) is 14.5. The van der Waals surface area contributed by atoms with Crippen molar-refractivity contribution >= 4 is 23.5 Å². The molecule has 2 aromatic carbocycles. The van der Waals surface area contributed by atoms with Crippen molar-refractivity contribution in [1.29, 1.82) is 5.26 Å². The molecule has 0 aliphatic heterocycles. The Morgan fingerprint density at radius 2 is 1.68 bits per heavy atom. The van der Waals surface area contributed by atoms with E-state index in [1.54, 1.807) is 38.1 Å². The van der Waals surface area contributed by atoms with Crippen molar-refractivity contribution in [2.75, 3.05) is 0 Å². The van der Waals surface area contributed by atoms with Gasteiger partial charge in [-0.05, 0) is 55.8 Å². The lowest BCUT2D eigenvalue weighted by atomic mass is 9.80. The van der Waals surface area contributed by atoms with Gasteiger partial charge in [0.25, 0.3) is 5.91 Å². The van der Waals surface area contributed by atoms with Crippen LogP contribution in [0.2, 0.25) is 5.02 Å². The molecule has 0 fully saturated rings. The van der Waals surface area contributed by atoms with Crippen LogP contribution in [0, 0.1) is 16.7 Å². The number of aliphatic carboxylic acids is 1. The van der Waals surface area contributed by atoms with Crippen LogP contribution in [0.4, 0.5) is 0 Å². The van der Waals surface area contributed by atoms with Crippen LogP contribution in [0.5, 0.6) is 0 Å². The lowest BCUT2D eigenvalue weighted by Crippen LogP contribution is -2.42. The van der Waals surface area contributed by atoms with Gasteiger partial charge in [-0.2, -0.15) is 5.26 Å². The van der Waals surface area contributed by atoms with Crippen LogP contribution in [0.15, 0.2) is 48.5 Å². The number of amides is 1. The number of nitriles is 1. The number of carboxylic acid groups (broad SMARTS) is 1. The van der Waals surface area contributed by atoms with Crippen molar-refractivity contribution in [3.8, 4) is 6.07 Å². The molecule has 0 saturated carbocycles. The molecular weight excluding hydrogens is 340 g/mol. The average molecular weight is 357 g/mol. The highest BCUT2D eigenvalue weighted by Gasteiger charge is 2.39. The molecule has 0 aromatic heterocycles. The third-order valence-corrected chi connectivity index (χ3v) is 4.28. The van der Waals surface area contributed by atoms with Crippen LogP contribution in [0.25, 0.3) is 0 Å². The fraction of sp³-hybridized carbons (Fsp3) is 0.211. The van der Waals surface area contributed by atoms with Gasteiger partial charge in [-0.15, -0.1) is 0 Å². The maximum Gasteiger partial charge on any atom is 0.311 e. The maximum atomic E-state index is 12.6. The van der Waals surface area contributed by atoms with Gasteiger partial charge in [-0.25, -0.2) is 0 Å². The first-order valence-corrected chi connectivity index (χ1v) is 7.93. The van der Waals surface area contributed by atoms with Crippen molar-refractivity contribution in [3.63, 3.8) is 0 Å². The number of rotatable bonds is 5. The molecule has 2 aromatic rings. The molecule has 2 rings (SSSR count). The number of hydrogen-bond acceptors (Lipinski definition) is 3. The summed E-state index contributed by atoms with van der Waals surface area (Å²) in [4.78, 5) is 24.2.